The van der Waals surface area contributed by atoms with E-state index in [9.17, 15) is 4.79 Å². The van der Waals surface area contributed by atoms with Crippen LogP contribution in [0, 0.1) is 0 Å². The Morgan fingerprint density at radius 1 is 1.38 bits per heavy atom. The maximum Gasteiger partial charge on any atom is 0.365 e. The lowest BCUT2D eigenvalue weighted by molar-refractivity contribution is -0.425. The summed E-state index contributed by atoms with van der Waals surface area (Å²) in [5.41, 5.74) is 6.90. The number of rotatable bonds is 5. The van der Waals surface area contributed by atoms with Crippen LogP contribution in [0.2, 0.25) is 0 Å². The molecule has 0 heterocycles. The molecule has 0 bridgehead atoms. The Kier molecular flexibility index (Phi) is 14.4. The van der Waals surface area contributed by atoms with Crippen molar-refractivity contribution in [2.75, 3.05) is 6.54 Å². The fourth-order valence-electron chi connectivity index (χ4n) is 0.719. The molecule has 0 aliphatic heterocycles. The number of aliphatic carboxylic acids is 1. The second-order valence-corrected chi connectivity index (χ2v) is 2.51. The first-order valence-electron chi connectivity index (χ1n) is 3.62. The van der Waals surface area contributed by atoms with Crippen molar-refractivity contribution in [3.63, 3.8) is 0 Å². The van der Waals surface area contributed by atoms with E-state index in [2.05, 4.69) is 11.5 Å². The molecule has 0 aromatic carbocycles. The standard InChI is InChI=1S/C6H14N2O3.2ClH/c7-3-1-2-4(9)5(8)6(10)11;;/h4-5,9H,1-3,7-8H2,(H,10,11);2*1H/t4-,5+;;/m1../s1. The van der Waals surface area contributed by atoms with Gasteiger partial charge in [-0.25, -0.2) is 4.79 Å². The van der Waals surface area contributed by atoms with Crippen LogP contribution >= 0.6 is 0 Å². The average Bonchev–Trinajstić information content (AvgIpc) is 1.98. The van der Waals surface area contributed by atoms with Gasteiger partial charge >= 0.3 is 5.97 Å². The highest BCUT2D eigenvalue weighted by atomic mass is 35.5. The van der Waals surface area contributed by atoms with E-state index < -0.39 is 18.1 Å². The van der Waals surface area contributed by atoms with Crippen LogP contribution in [0.4, 0.5) is 0 Å². The topological polar surface area (TPSA) is 113 Å². The van der Waals surface area contributed by atoms with Crippen molar-refractivity contribution in [3.05, 3.63) is 0 Å². The lowest BCUT2D eigenvalue weighted by atomic mass is 10.1. The van der Waals surface area contributed by atoms with Crippen molar-refractivity contribution in [1.82, 2.24) is 0 Å². The number of carboxylic acid groups (broad SMARTS) is 1. The fraction of sp³-hybridized carbons (Fsp3) is 0.833. The third-order valence-corrected chi connectivity index (χ3v) is 1.53. The number of carbonyl (C=O) groups is 1. The maximum absolute atomic E-state index is 10.3. The number of quaternary nitrogens is 2. The molecule has 0 radical (unpaired) electrons. The van der Waals surface area contributed by atoms with Gasteiger partial charge < -0.3 is 46.5 Å². The quantitative estimate of drug-likeness (QED) is 0.379. The number of hydrogen-bond acceptors (Lipinski definition) is 2. The summed E-state index contributed by atoms with van der Waals surface area (Å²) in [6, 6.07) is -0.915. The Hall–Kier alpha value is -0.0700. The molecule has 0 aliphatic carbocycles. The molecule has 0 spiro atoms. The molecule has 0 aromatic rings. The number of halogens is 2. The maximum atomic E-state index is 10.3. The largest absolute Gasteiger partial charge is 1.00 e. The predicted octanol–water partition coefficient (Wildman–Crippen LogP) is -8.93. The molecular formula is C6H16Cl2N2O3. The second kappa shape index (κ2) is 10.0. The van der Waals surface area contributed by atoms with E-state index in [4.69, 9.17) is 10.2 Å². The summed E-state index contributed by atoms with van der Waals surface area (Å²) in [4.78, 5) is 10.3. The molecule has 0 aromatic heterocycles. The molecule has 5 nitrogen and oxygen atoms in total. The molecule has 13 heavy (non-hydrogen) atoms. The van der Waals surface area contributed by atoms with Crippen LogP contribution in [0.5, 0.6) is 0 Å². The van der Waals surface area contributed by atoms with E-state index in [1.807, 2.05) is 0 Å². The van der Waals surface area contributed by atoms with Gasteiger partial charge in [0.15, 0.2) is 0 Å². The highest BCUT2D eigenvalue weighted by Crippen LogP contribution is 1.97. The van der Waals surface area contributed by atoms with Crippen LogP contribution in [-0.2, 0) is 4.79 Å². The number of carboxylic acids is 1. The van der Waals surface area contributed by atoms with Gasteiger partial charge in [0, 0.05) is 0 Å². The molecule has 0 rings (SSSR count). The van der Waals surface area contributed by atoms with Gasteiger partial charge in [-0.1, -0.05) is 0 Å². The van der Waals surface area contributed by atoms with Gasteiger partial charge in [0.1, 0.15) is 6.10 Å². The van der Waals surface area contributed by atoms with Crippen LogP contribution < -0.4 is 36.3 Å². The van der Waals surface area contributed by atoms with Crippen molar-refractivity contribution in [2.45, 2.75) is 25.0 Å². The SMILES string of the molecule is [Cl-].[Cl-].[NH3+]CCC[C@@H](O)[C@H]([NH3+])C(=O)O. The molecule has 0 saturated carbocycles. The molecule has 0 unspecified atom stereocenters. The third kappa shape index (κ3) is 8.27. The Morgan fingerprint density at radius 3 is 2.15 bits per heavy atom. The summed E-state index contributed by atoms with van der Waals surface area (Å²) in [6.07, 6.45) is 0.360. The van der Waals surface area contributed by atoms with E-state index in [-0.39, 0.29) is 24.8 Å². The second-order valence-electron chi connectivity index (χ2n) is 2.51. The lowest BCUT2D eigenvalue weighted by Gasteiger charge is -2.09. The molecule has 0 amide bonds. The van der Waals surface area contributed by atoms with Crippen molar-refractivity contribution in [1.29, 1.82) is 0 Å². The first-order chi connectivity index (χ1) is 5.09. The van der Waals surface area contributed by atoms with Gasteiger partial charge in [-0.2, -0.15) is 0 Å². The summed E-state index contributed by atoms with van der Waals surface area (Å²) < 4.78 is 0. The van der Waals surface area contributed by atoms with Gasteiger partial charge in [0.05, 0.1) is 6.54 Å². The number of hydrogen-bond donors (Lipinski definition) is 4. The minimum atomic E-state index is -1.05. The fourth-order valence-corrected chi connectivity index (χ4v) is 0.719. The van der Waals surface area contributed by atoms with E-state index in [1.165, 1.54) is 0 Å². The number of aliphatic hydroxyl groups excluding tert-OH is 1. The zero-order valence-corrected chi connectivity index (χ0v) is 8.76. The molecule has 7 heteroatoms. The minimum Gasteiger partial charge on any atom is -1.00 e. The zero-order chi connectivity index (χ0) is 8.85. The van der Waals surface area contributed by atoms with Crippen LogP contribution in [0.3, 0.4) is 0 Å². The molecule has 82 valence electrons. The summed E-state index contributed by atoms with van der Waals surface area (Å²) in [5, 5.41) is 17.6. The van der Waals surface area contributed by atoms with Gasteiger partial charge in [-0.3, -0.25) is 0 Å². The van der Waals surface area contributed by atoms with Crippen LogP contribution in [0.15, 0.2) is 0 Å². The molecular weight excluding hydrogens is 219 g/mol. The van der Waals surface area contributed by atoms with E-state index >= 15 is 0 Å². The van der Waals surface area contributed by atoms with Crippen molar-refractivity contribution in [3.8, 4) is 0 Å². The highest BCUT2D eigenvalue weighted by Gasteiger charge is 2.24. The molecule has 2 atom stereocenters. The molecule has 0 fully saturated rings. The van der Waals surface area contributed by atoms with Crippen LogP contribution in [-0.4, -0.2) is 34.9 Å². The first-order valence-corrected chi connectivity index (χ1v) is 3.62. The number of aliphatic hydroxyl groups is 1. The van der Waals surface area contributed by atoms with Gasteiger partial charge in [0.25, 0.3) is 0 Å². The lowest BCUT2D eigenvalue weighted by Crippen LogP contribution is -3.00. The van der Waals surface area contributed by atoms with E-state index in [0.717, 1.165) is 6.42 Å². The monoisotopic (exact) mass is 234 g/mol. The minimum absolute atomic E-state index is 0. The predicted molar refractivity (Wildman–Crippen MR) is 37.3 cm³/mol. The Bertz CT molecular complexity index is 137. The van der Waals surface area contributed by atoms with Gasteiger partial charge in [0.2, 0.25) is 6.04 Å². The normalized spacial score (nSPS) is 13.5. The summed E-state index contributed by atoms with van der Waals surface area (Å²) >= 11 is 0. The Labute approximate surface area is 89.3 Å². The smallest absolute Gasteiger partial charge is 0.365 e. The van der Waals surface area contributed by atoms with E-state index in [1.54, 1.807) is 0 Å². The summed E-state index contributed by atoms with van der Waals surface area (Å²) in [7, 11) is 0. The molecule has 8 N–H and O–H groups in total. The van der Waals surface area contributed by atoms with Gasteiger partial charge in [-0.05, 0) is 12.8 Å². The first kappa shape index (κ1) is 18.7. The van der Waals surface area contributed by atoms with Crippen molar-refractivity contribution >= 4 is 5.97 Å². The summed E-state index contributed by atoms with van der Waals surface area (Å²) in [5.74, 6) is -1.05. The molecule has 0 aliphatic rings. The van der Waals surface area contributed by atoms with Crippen molar-refractivity contribution < 1.29 is 51.3 Å². The zero-order valence-electron chi connectivity index (χ0n) is 7.25. The third-order valence-electron chi connectivity index (χ3n) is 1.53. The van der Waals surface area contributed by atoms with Crippen LogP contribution in [0.25, 0.3) is 0 Å². The average molecular weight is 235 g/mol. The van der Waals surface area contributed by atoms with Crippen molar-refractivity contribution in [2.24, 2.45) is 0 Å². The molecule has 0 saturated heterocycles. The van der Waals surface area contributed by atoms with Crippen LogP contribution in [0.1, 0.15) is 12.8 Å². The Morgan fingerprint density at radius 2 is 1.85 bits per heavy atom. The van der Waals surface area contributed by atoms with E-state index in [0.29, 0.717) is 13.0 Å². The Balaban J connectivity index is -0.000000500. The highest BCUT2D eigenvalue weighted by molar-refractivity contribution is 5.72. The summed E-state index contributed by atoms with van der Waals surface area (Å²) in [6.45, 7) is 0.712. The van der Waals surface area contributed by atoms with Gasteiger partial charge in [-0.15, -0.1) is 0 Å².